The third kappa shape index (κ3) is 2.24. The molecule has 0 unspecified atom stereocenters. The van der Waals surface area contributed by atoms with Crippen LogP contribution in [-0.2, 0) is 0 Å². The van der Waals surface area contributed by atoms with Gasteiger partial charge in [-0.3, -0.25) is 10.3 Å². The van der Waals surface area contributed by atoms with Crippen molar-refractivity contribution in [2.24, 2.45) is 0 Å². The van der Waals surface area contributed by atoms with Gasteiger partial charge in [-0.2, -0.15) is 0 Å². The fourth-order valence-electron chi connectivity index (χ4n) is 1.68. The summed E-state index contributed by atoms with van der Waals surface area (Å²) >= 11 is 0. The van der Waals surface area contributed by atoms with Crippen LogP contribution in [0.2, 0.25) is 0 Å². The molecule has 0 spiro atoms. The minimum absolute atomic E-state index is 0.816. The Hall–Kier alpha value is -0.500. The van der Waals surface area contributed by atoms with Crippen LogP contribution in [0.4, 0.5) is 0 Å². The van der Waals surface area contributed by atoms with Crippen LogP contribution < -0.4 is 0 Å². The zero-order chi connectivity index (χ0) is 8.97. The molecule has 0 amide bonds. The van der Waals surface area contributed by atoms with Gasteiger partial charge in [-0.25, -0.2) is 0 Å². The number of hydroxylamine groups is 2. The summed E-state index contributed by atoms with van der Waals surface area (Å²) in [7, 11) is 0. The summed E-state index contributed by atoms with van der Waals surface area (Å²) in [5.41, 5.74) is 2.54. The minimum atomic E-state index is 0.816. The Balaban J connectivity index is 2.55. The fourth-order valence-corrected chi connectivity index (χ4v) is 1.68. The maximum atomic E-state index is 9.54. The van der Waals surface area contributed by atoms with Gasteiger partial charge in [0.25, 0.3) is 0 Å². The molecular formula is C10H19NO. The molecule has 0 saturated heterocycles. The number of rotatable bonds is 3. The van der Waals surface area contributed by atoms with E-state index in [1.165, 1.54) is 29.2 Å². The molecular weight excluding hydrogens is 150 g/mol. The van der Waals surface area contributed by atoms with Crippen LogP contribution >= 0.6 is 0 Å². The molecule has 12 heavy (non-hydrogen) atoms. The first-order valence-electron chi connectivity index (χ1n) is 4.90. The summed E-state index contributed by atoms with van der Waals surface area (Å²) in [5.74, 6) is 0. The van der Waals surface area contributed by atoms with Crippen molar-refractivity contribution in [3.63, 3.8) is 0 Å². The predicted octanol–water partition coefficient (Wildman–Crippen LogP) is 2.94. The Kier molecular flexibility index (Phi) is 3.60. The van der Waals surface area contributed by atoms with Crippen LogP contribution in [0.1, 0.15) is 46.0 Å². The standard InChI is InChI=1S/C10H19NO/c1-3-4-7-10-9(2)6-5-8-11(10)12/h12H,3-8H2,1-2H3. The van der Waals surface area contributed by atoms with E-state index in [1.807, 2.05) is 0 Å². The lowest BCUT2D eigenvalue weighted by molar-refractivity contribution is -0.0656. The van der Waals surface area contributed by atoms with Crippen LogP contribution in [0.5, 0.6) is 0 Å². The Morgan fingerprint density at radius 1 is 1.50 bits per heavy atom. The van der Waals surface area contributed by atoms with Crippen molar-refractivity contribution < 1.29 is 5.21 Å². The van der Waals surface area contributed by atoms with Gasteiger partial charge in [0.2, 0.25) is 0 Å². The van der Waals surface area contributed by atoms with E-state index in [2.05, 4.69) is 13.8 Å². The van der Waals surface area contributed by atoms with Crippen molar-refractivity contribution in [1.82, 2.24) is 5.06 Å². The third-order valence-corrected chi connectivity index (χ3v) is 2.49. The Morgan fingerprint density at radius 3 is 2.83 bits per heavy atom. The largest absolute Gasteiger partial charge is 0.289 e. The van der Waals surface area contributed by atoms with Gasteiger partial charge < -0.3 is 0 Å². The third-order valence-electron chi connectivity index (χ3n) is 2.49. The van der Waals surface area contributed by atoms with Crippen molar-refractivity contribution in [2.45, 2.75) is 46.0 Å². The molecule has 1 aliphatic heterocycles. The monoisotopic (exact) mass is 169 g/mol. The molecule has 2 heteroatoms. The zero-order valence-corrected chi connectivity index (χ0v) is 8.14. The van der Waals surface area contributed by atoms with E-state index in [0.29, 0.717) is 0 Å². The lowest BCUT2D eigenvalue weighted by Gasteiger charge is -2.27. The van der Waals surface area contributed by atoms with Gasteiger partial charge in [-0.05, 0) is 32.6 Å². The highest BCUT2D eigenvalue weighted by molar-refractivity contribution is 5.12. The minimum Gasteiger partial charge on any atom is -0.289 e. The first-order chi connectivity index (χ1) is 5.75. The molecule has 70 valence electrons. The van der Waals surface area contributed by atoms with Gasteiger partial charge in [0, 0.05) is 12.2 Å². The topological polar surface area (TPSA) is 23.5 Å². The molecule has 0 atom stereocenters. The van der Waals surface area contributed by atoms with Crippen molar-refractivity contribution >= 4 is 0 Å². The second-order valence-electron chi connectivity index (χ2n) is 3.56. The molecule has 0 aromatic carbocycles. The smallest absolute Gasteiger partial charge is 0.0452 e. The normalized spacial score (nSPS) is 18.8. The van der Waals surface area contributed by atoms with Crippen molar-refractivity contribution in [3.05, 3.63) is 11.3 Å². The summed E-state index contributed by atoms with van der Waals surface area (Å²) in [6, 6.07) is 0. The summed E-state index contributed by atoms with van der Waals surface area (Å²) in [6.07, 6.45) is 5.68. The second-order valence-corrected chi connectivity index (χ2v) is 3.56. The van der Waals surface area contributed by atoms with Crippen LogP contribution in [0.3, 0.4) is 0 Å². The molecule has 0 aromatic rings. The maximum Gasteiger partial charge on any atom is 0.0452 e. The quantitative estimate of drug-likeness (QED) is 0.702. The zero-order valence-electron chi connectivity index (χ0n) is 8.14. The van der Waals surface area contributed by atoms with Gasteiger partial charge in [-0.15, -0.1) is 0 Å². The molecule has 1 aliphatic rings. The Labute approximate surface area is 74.8 Å². The summed E-state index contributed by atoms with van der Waals surface area (Å²) < 4.78 is 0. The fraction of sp³-hybridized carbons (Fsp3) is 0.800. The lowest BCUT2D eigenvalue weighted by Crippen LogP contribution is -2.24. The van der Waals surface area contributed by atoms with Gasteiger partial charge >= 0.3 is 0 Å². The average Bonchev–Trinajstić information content (AvgIpc) is 2.04. The van der Waals surface area contributed by atoms with Gasteiger partial charge in [-0.1, -0.05) is 18.9 Å². The van der Waals surface area contributed by atoms with Crippen LogP contribution in [0, 0.1) is 0 Å². The van der Waals surface area contributed by atoms with E-state index < -0.39 is 0 Å². The number of allylic oxidation sites excluding steroid dienone is 2. The Bertz CT molecular complexity index is 175. The average molecular weight is 169 g/mol. The SMILES string of the molecule is CCCCC1=C(C)CCCN1O. The van der Waals surface area contributed by atoms with E-state index >= 15 is 0 Å². The summed E-state index contributed by atoms with van der Waals surface area (Å²) in [4.78, 5) is 0. The van der Waals surface area contributed by atoms with Gasteiger partial charge in [0.1, 0.15) is 0 Å². The number of unbranched alkanes of at least 4 members (excludes halogenated alkanes) is 1. The first kappa shape index (κ1) is 9.59. The molecule has 1 N–H and O–H groups in total. The van der Waals surface area contributed by atoms with Crippen LogP contribution in [0.25, 0.3) is 0 Å². The van der Waals surface area contributed by atoms with E-state index in [1.54, 1.807) is 0 Å². The Morgan fingerprint density at radius 2 is 2.25 bits per heavy atom. The molecule has 0 radical (unpaired) electrons. The van der Waals surface area contributed by atoms with Crippen LogP contribution in [0.15, 0.2) is 11.3 Å². The molecule has 0 saturated carbocycles. The highest BCUT2D eigenvalue weighted by atomic mass is 16.5. The highest BCUT2D eigenvalue weighted by Gasteiger charge is 2.14. The lowest BCUT2D eigenvalue weighted by atomic mass is 10.0. The maximum absolute atomic E-state index is 9.54. The van der Waals surface area contributed by atoms with Crippen LogP contribution in [-0.4, -0.2) is 16.8 Å². The summed E-state index contributed by atoms with van der Waals surface area (Å²) in [5, 5.41) is 11.0. The summed E-state index contributed by atoms with van der Waals surface area (Å²) in [6.45, 7) is 5.13. The van der Waals surface area contributed by atoms with Crippen molar-refractivity contribution in [2.75, 3.05) is 6.54 Å². The first-order valence-corrected chi connectivity index (χ1v) is 4.90. The van der Waals surface area contributed by atoms with Gasteiger partial charge in [0.05, 0.1) is 0 Å². The highest BCUT2D eigenvalue weighted by Crippen LogP contribution is 2.23. The molecule has 0 bridgehead atoms. The molecule has 2 nitrogen and oxygen atoms in total. The van der Waals surface area contributed by atoms with Crippen molar-refractivity contribution in [3.8, 4) is 0 Å². The second kappa shape index (κ2) is 4.51. The molecule has 0 fully saturated rings. The molecule has 0 aliphatic carbocycles. The van der Waals surface area contributed by atoms with E-state index in [-0.39, 0.29) is 0 Å². The van der Waals surface area contributed by atoms with Crippen molar-refractivity contribution in [1.29, 1.82) is 0 Å². The molecule has 1 heterocycles. The van der Waals surface area contributed by atoms with Gasteiger partial charge in [0.15, 0.2) is 0 Å². The van der Waals surface area contributed by atoms with E-state index in [9.17, 15) is 5.21 Å². The van der Waals surface area contributed by atoms with E-state index in [4.69, 9.17) is 0 Å². The number of nitrogens with zero attached hydrogens (tertiary/aromatic N) is 1. The van der Waals surface area contributed by atoms with E-state index in [0.717, 1.165) is 25.8 Å². The molecule has 0 aromatic heterocycles. The number of hydrogen-bond donors (Lipinski definition) is 1. The predicted molar refractivity (Wildman–Crippen MR) is 50.0 cm³/mol. The number of hydrogen-bond acceptors (Lipinski definition) is 2. The molecule has 1 rings (SSSR count).